The molecule has 1 heterocycles. The van der Waals surface area contributed by atoms with Crippen molar-refractivity contribution in [2.45, 2.75) is 37.8 Å². The number of ether oxygens (including phenoxy) is 1. The second-order valence-electron chi connectivity index (χ2n) is 5.24. The molecule has 0 spiro atoms. The van der Waals surface area contributed by atoms with Crippen LogP contribution in [-0.4, -0.2) is 68.3 Å². The predicted octanol–water partition coefficient (Wildman–Crippen LogP) is -1.17. The molecule has 1 aliphatic rings. The summed E-state index contributed by atoms with van der Waals surface area (Å²) in [5, 5.41) is 5.02. The van der Waals surface area contributed by atoms with Crippen LogP contribution in [0.3, 0.4) is 0 Å². The van der Waals surface area contributed by atoms with E-state index >= 15 is 0 Å². The van der Waals surface area contributed by atoms with Gasteiger partial charge >= 0.3 is 5.97 Å². The molecule has 22 heavy (non-hydrogen) atoms. The van der Waals surface area contributed by atoms with Crippen LogP contribution in [0.25, 0.3) is 0 Å². The molecule has 1 rings (SSSR count). The van der Waals surface area contributed by atoms with E-state index in [1.807, 2.05) is 11.9 Å². The summed E-state index contributed by atoms with van der Waals surface area (Å²) < 4.78 is 4.57. The number of methoxy groups -OCH3 is 1. The largest absolute Gasteiger partial charge is 0.467 e. The average Bonchev–Trinajstić information content (AvgIpc) is 2.94. The number of likely N-dealkylation sites (N-methyl/N-ethyl adjacent to an activating group) is 1. The Kier molecular flexibility index (Phi) is 7.51. The van der Waals surface area contributed by atoms with Crippen LogP contribution in [0.5, 0.6) is 0 Å². The van der Waals surface area contributed by atoms with Gasteiger partial charge in [0, 0.05) is 6.42 Å². The average molecular weight is 313 g/mol. The van der Waals surface area contributed by atoms with Crippen molar-refractivity contribution < 1.29 is 23.9 Å². The first kappa shape index (κ1) is 18.1. The predicted molar refractivity (Wildman–Crippen MR) is 77.9 cm³/mol. The van der Waals surface area contributed by atoms with Crippen molar-refractivity contribution >= 4 is 24.1 Å². The van der Waals surface area contributed by atoms with Crippen LogP contribution in [0.4, 0.5) is 0 Å². The quantitative estimate of drug-likeness (QED) is 0.432. The number of carbonyl (C=O) groups is 4. The van der Waals surface area contributed by atoms with Gasteiger partial charge in [0.15, 0.2) is 0 Å². The number of nitrogens with zero attached hydrogens (tertiary/aromatic N) is 1. The maximum Gasteiger partial charge on any atom is 0.328 e. The second kappa shape index (κ2) is 9.14. The number of likely N-dealkylation sites (tertiary alicyclic amines) is 1. The molecule has 8 heteroatoms. The Balaban J connectivity index is 2.41. The lowest BCUT2D eigenvalue weighted by atomic mass is 10.1. The molecule has 0 radical (unpaired) electrons. The summed E-state index contributed by atoms with van der Waals surface area (Å²) in [6.45, 7) is 0.651. The lowest BCUT2D eigenvalue weighted by Crippen LogP contribution is -2.48. The summed E-state index contributed by atoms with van der Waals surface area (Å²) in [6.07, 6.45) is 2.70. The molecule has 2 unspecified atom stereocenters. The molecular formula is C14H23N3O5. The molecule has 1 saturated heterocycles. The fraction of sp³-hybridized carbons (Fsp3) is 0.714. The smallest absolute Gasteiger partial charge is 0.328 e. The summed E-state index contributed by atoms with van der Waals surface area (Å²) in [7, 11) is 3.07. The summed E-state index contributed by atoms with van der Waals surface area (Å²) >= 11 is 0. The highest BCUT2D eigenvalue weighted by Gasteiger charge is 2.28. The van der Waals surface area contributed by atoms with Crippen molar-refractivity contribution in [3.63, 3.8) is 0 Å². The number of hydrogen-bond acceptors (Lipinski definition) is 6. The van der Waals surface area contributed by atoms with Gasteiger partial charge in [-0.05, 0) is 32.9 Å². The van der Waals surface area contributed by atoms with Crippen LogP contribution >= 0.6 is 0 Å². The second-order valence-corrected chi connectivity index (χ2v) is 5.24. The molecule has 0 saturated carbocycles. The van der Waals surface area contributed by atoms with E-state index in [1.165, 1.54) is 7.11 Å². The van der Waals surface area contributed by atoms with E-state index in [-0.39, 0.29) is 31.3 Å². The molecule has 0 bridgehead atoms. The van der Waals surface area contributed by atoms with E-state index in [2.05, 4.69) is 15.4 Å². The highest BCUT2D eigenvalue weighted by Crippen LogP contribution is 2.14. The minimum atomic E-state index is -0.881. The van der Waals surface area contributed by atoms with Crippen LogP contribution in [0, 0.1) is 0 Å². The van der Waals surface area contributed by atoms with E-state index in [0.29, 0.717) is 6.29 Å². The van der Waals surface area contributed by atoms with Crippen molar-refractivity contribution in [2.24, 2.45) is 0 Å². The number of carbonyl (C=O) groups excluding carboxylic acids is 4. The Bertz CT molecular complexity index is 427. The molecule has 0 aromatic carbocycles. The third-order valence-corrected chi connectivity index (χ3v) is 3.64. The zero-order chi connectivity index (χ0) is 16.5. The number of nitrogens with one attached hydrogen (secondary N) is 2. The highest BCUT2D eigenvalue weighted by molar-refractivity contribution is 5.89. The molecule has 124 valence electrons. The SMILES string of the molecule is COC(=O)C(CCC=O)NC(=O)CNC(=O)C1CCCN1C. The number of rotatable bonds is 8. The van der Waals surface area contributed by atoms with Crippen LogP contribution in [0.2, 0.25) is 0 Å². The van der Waals surface area contributed by atoms with Gasteiger partial charge in [-0.25, -0.2) is 4.79 Å². The van der Waals surface area contributed by atoms with Crippen molar-refractivity contribution in [3.05, 3.63) is 0 Å². The molecule has 1 fully saturated rings. The van der Waals surface area contributed by atoms with Gasteiger partial charge in [0.05, 0.1) is 19.7 Å². The molecule has 0 aromatic heterocycles. The normalized spacial score (nSPS) is 19.3. The van der Waals surface area contributed by atoms with Gasteiger partial charge in [-0.2, -0.15) is 0 Å². The summed E-state index contributed by atoms with van der Waals surface area (Å²) in [5.74, 6) is -1.30. The van der Waals surface area contributed by atoms with Gasteiger partial charge in [-0.15, -0.1) is 0 Å². The Morgan fingerprint density at radius 3 is 2.68 bits per heavy atom. The highest BCUT2D eigenvalue weighted by atomic mass is 16.5. The minimum absolute atomic E-state index is 0.138. The molecule has 8 nitrogen and oxygen atoms in total. The maximum absolute atomic E-state index is 11.9. The maximum atomic E-state index is 11.9. The lowest BCUT2D eigenvalue weighted by Gasteiger charge is -2.19. The van der Waals surface area contributed by atoms with Crippen molar-refractivity contribution in [2.75, 3.05) is 27.2 Å². The number of amides is 2. The summed E-state index contributed by atoms with van der Waals surface area (Å²) in [6, 6.07) is -1.09. The van der Waals surface area contributed by atoms with Gasteiger partial charge in [-0.1, -0.05) is 0 Å². The number of hydrogen-bond donors (Lipinski definition) is 2. The topological polar surface area (TPSA) is 105 Å². The molecule has 1 aliphatic heterocycles. The monoisotopic (exact) mass is 313 g/mol. The molecule has 0 aliphatic carbocycles. The Hall–Kier alpha value is -1.96. The lowest BCUT2D eigenvalue weighted by molar-refractivity contribution is -0.145. The van der Waals surface area contributed by atoms with Crippen LogP contribution in [0.15, 0.2) is 0 Å². The van der Waals surface area contributed by atoms with E-state index in [1.54, 1.807) is 0 Å². The zero-order valence-electron chi connectivity index (χ0n) is 13.0. The van der Waals surface area contributed by atoms with E-state index in [9.17, 15) is 19.2 Å². The van der Waals surface area contributed by atoms with Crippen LogP contribution in [0.1, 0.15) is 25.7 Å². The zero-order valence-corrected chi connectivity index (χ0v) is 13.0. The first-order valence-corrected chi connectivity index (χ1v) is 7.28. The summed E-state index contributed by atoms with van der Waals surface area (Å²) in [4.78, 5) is 47.5. The van der Waals surface area contributed by atoms with E-state index in [0.717, 1.165) is 19.4 Å². The third kappa shape index (κ3) is 5.44. The van der Waals surface area contributed by atoms with E-state index < -0.39 is 17.9 Å². The fourth-order valence-electron chi connectivity index (χ4n) is 2.40. The first-order chi connectivity index (χ1) is 10.5. The summed E-state index contributed by atoms with van der Waals surface area (Å²) in [5.41, 5.74) is 0. The number of esters is 1. The molecule has 0 aromatic rings. The fourth-order valence-corrected chi connectivity index (χ4v) is 2.40. The van der Waals surface area contributed by atoms with Crippen molar-refractivity contribution in [1.82, 2.24) is 15.5 Å². The number of aldehydes is 1. The standard InChI is InChI=1S/C14H23N3O5/c1-17-7-3-6-11(17)13(20)15-9-12(19)16-10(5-4-8-18)14(21)22-2/h8,10-11H,3-7,9H2,1-2H3,(H,15,20)(H,16,19). The van der Waals surface area contributed by atoms with Gasteiger partial charge in [0.2, 0.25) is 11.8 Å². The molecule has 2 atom stereocenters. The Morgan fingerprint density at radius 1 is 1.41 bits per heavy atom. The Labute approximate surface area is 129 Å². The minimum Gasteiger partial charge on any atom is -0.467 e. The van der Waals surface area contributed by atoms with E-state index in [4.69, 9.17) is 0 Å². The van der Waals surface area contributed by atoms with Gasteiger partial charge < -0.3 is 20.2 Å². The van der Waals surface area contributed by atoms with Gasteiger partial charge in [-0.3, -0.25) is 14.5 Å². The van der Waals surface area contributed by atoms with Crippen molar-refractivity contribution in [3.8, 4) is 0 Å². The Morgan fingerprint density at radius 2 is 2.14 bits per heavy atom. The third-order valence-electron chi connectivity index (χ3n) is 3.64. The van der Waals surface area contributed by atoms with Gasteiger partial charge in [0.1, 0.15) is 12.3 Å². The molecule has 2 N–H and O–H groups in total. The first-order valence-electron chi connectivity index (χ1n) is 7.28. The molecular weight excluding hydrogens is 290 g/mol. The van der Waals surface area contributed by atoms with Gasteiger partial charge in [0.25, 0.3) is 0 Å². The van der Waals surface area contributed by atoms with Crippen LogP contribution < -0.4 is 10.6 Å². The van der Waals surface area contributed by atoms with Crippen molar-refractivity contribution in [1.29, 1.82) is 0 Å². The van der Waals surface area contributed by atoms with Crippen LogP contribution in [-0.2, 0) is 23.9 Å². The molecule has 2 amide bonds.